The molecule has 146 valence electrons. The largest absolute Gasteiger partial charge is 0.492 e. The second-order valence-corrected chi connectivity index (χ2v) is 8.23. The van der Waals surface area contributed by atoms with Crippen molar-refractivity contribution in [2.24, 2.45) is 0 Å². The molecule has 0 aliphatic rings. The molecule has 0 saturated heterocycles. The third-order valence-corrected chi connectivity index (χ3v) is 5.52. The van der Waals surface area contributed by atoms with Crippen molar-refractivity contribution < 1.29 is 22.7 Å². The lowest BCUT2D eigenvalue weighted by atomic mass is 10.3. The Morgan fingerprint density at radius 2 is 1.89 bits per heavy atom. The maximum atomic E-state index is 12.5. The molecule has 0 radical (unpaired) electrons. The molecule has 1 amide bonds. The van der Waals surface area contributed by atoms with E-state index in [0.717, 1.165) is 4.31 Å². The molecule has 0 aromatic heterocycles. The molecular weight excluding hydrogens is 392 g/mol. The van der Waals surface area contributed by atoms with Crippen molar-refractivity contribution in [1.82, 2.24) is 4.31 Å². The van der Waals surface area contributed by atoms with Gasteiger partial charge in [0.25, 0.3) is 5.91 Å². The van der Waals surface area contributed by atoms with Crippen molar-refractivity contribution in [3.05, 3.63) is 47.5 Å². The van der Waals surface area contributed by atoms with E-state index in [-0.39, 0.29) is 17.3 Å². The Hall–Kier alpha value is -2.29. The second-order valence-electron chi connectivity index (χ2n) is 5.68. The Kier molecular flexibility index (Phi) is 7.06. The molecule has 7 nitrogen and oxygen atoms in total. The minimum absolute atomic E-state index is 0.0251. The van der Waals surface area contributed by atoms with Crippen LogP contribution in [0.5, 0.6) is 11.5 Å². The number of benzene rings is 2. The summed E-state index contributed by atoms with van der Waals surface area (Å²) >= 11 is 5.86. The van der Waals surface area contributed by atoms with Crippen LogP contribution in [0.4, 0.5) is 5.69 Å². The first-order valence-electron chi connectivity index (χ1n) is 8.11. The summed E-state index contributed by atoms with van der Waals surface area (Å²) in [5, 5.41) is 3.11. The minimum Gasteiger partial charge on any atom is -0.492 e. The number of carbonyl (C=O) groups is 1. The number of rotatable bonds is 8. The van der Waals surface area contributed by atoms with Crippen molar-refractivity contribution >= 4 is 33.2 Å². The van der Waals surface area contributed by atoms with Crippen LogP contribution in [-0.2, 0) is 14.8 Å². The predicted octanol–water partition coefficient (Wildman–Crippen LogP) is 3.01. The van der Waals surface area contributed by atoms with Gasteiger partial charge in [0, 0.05) is 24.8 Å². The quantitative estimate of drug-likeness (QED) is 0.720. The Bertz CT molecular complexity index is 916. The monoisotopic (exact) mass is 412 g/mol. The van der Waals surface area contributed by atoms with Crippen molar-refractivity contribution in [3.8, 4) is 11.5 Å². The normalized spacial score (nSPS) is 11.3. The SMILES string of the molecule is CCOc1ccc(NC(=O)COc2cccc(Cl)c2)cc1S(=O)(=O)N(C)C. The number of sulfonamides is 1. The van der Waals surface area contributed by atoms with E-state index in [1.165, 1.54) is 26.2 Å². The lowest BCUT2D eigenvalue weighted by Crippen LogP contribution is -2.24. The van der Waals surface area contributed by atoms with E-state index >= 15 is 0 Å². The van der Waals surface area contributed by atoms with Crippen molar-refractivity contribution in [2.75, 3.05) is 32.6 Å². The summed E-state index contributed by atoms with van der Waals surface area (Å²) in [6, 6.07) is 11.1. The van der Waals surface area contributed by atoms with Gasteiger partial charge in [-0.3, -0.25) is 4.79 Å². The number of hydrogen-bond donors (Lipinski definition) is 1. The molecular formula is C18H21ClN2O5S. The van der Waals surface area contributed by atoms with E-state index in [4.69, 9.17) is 21.1 Å². The molecule has 0 atom stereocenters. The van der Waals surface area contributed by atoms with Crippen LogP contribution < -0.4 is 14.8 Å². The zero-order chi connectivity index (χ0) is 20.0. The first kappa shape index (κ1) is 21.0. The van der Waals surface area contributed by atoms with Gasteiger partial charge in [0.2, 0.25) is 10.0 Å². The van der Waals surface area contributed by atoms with Crippen molar-refractivity contribution in [1.29, 1.82) is 0 Å². The molecule has 0 saturated carbocycles. The molecule has 2 rings (SSSR count). The highest BCUT2D eigenvalue weighted by molar-refractivity contribution is 7.89. The molecule has 0 spiro atoms. The topological polar surface area (TPSA) is 84.9 Å². The van der Waals surface area contributed by atoms with Crippen LogP contribution in [0.1, 0.15) is 6.92 Å². The van der Waals surface area contributed by atoms with Gasteiger partial charge in [-0.25, -0.2) is 12.7 Å². The number of ether oxygens (including phenoxy) is 2. The molecule has 1 N–H and O–H groups in total. The second kappa shape index (κ2) is 9.07. The average Bonchev–Trinajstić information content (AvgIpc) is 2.61. The van der Waals surface area contributed by atoms with Crippen LogP contribution >= 0.6 is 11.6 Å². The highest BCUT2D eigenvalue weighted by Gasteiger charge is 2.23. The van der Waals surface area contributed by atoms with Gasteiger partial charge in [-0.1, -0.05) is 17.7 Å². The molecule has 0 aliphatic heterocycles. The molecule has 9 heteroatoms. The molecule has 2 aromatic rings. The Balaban J connectivity index is 2.15. The maximum absolute atomic E-state index is 12.5. The average molecular weight is 413 g/mol. The summed E-state index contributed by atoms with van der Waals surface area (Å²) < 4.78 is 36.9. The van der Waals surface area contributed by atoms with E-state index in [1.807, 2.05) is 0 Å². The number of amides is 1. The first-order valence-corrected chi connectivity index (χ1v) is 9.93. The van der Waals surface area contributed by atoms with Crippen LogP contribution in [0.2, 0.25) is 5.02 Å². The summed E-state index contributed by atoms with van der Waals surface area (Å²) in [6.45, 7) is 1.83. The third kappa shape index (κ3) is 5.59. The predicted molar refractivity (Wildman–Crippen MR) is 104 cm³/mol. The zero-order valence-corrected chi connectivity index (χ0v) is 16.8. The van der Waals surface area contributed by atoms with Crippen molar-refractivity contribution in [2.45, 2.75) is 11.8 Å². The first-order chi connectivity index (χ1) is 12.7. The van der Waals surface area contributed by atoms with Gasteiger partial charge in [-0.15, -0.1) is 0 Å². The van der Waals surface area contributed by atoms with Gasteiger partial charge in [-0.2, -0.15) is 0 Å². The number of anilines is 1. The Labute approximate surface area is 163 Å². The number of nitrogens with zero attached hydrogens (tertiary/aromatic N) is 1. The van der Waals surface area contributed by atoms with E-state index in [1.54, 1.807) is 37.3 Å². The standard InChI is InChI=1S/C18H21ClN2O5S/c1-4-25-16-9-8-14(11-17(16)27(23,24)21(2)3)20-18(22)12-26-15-7-5-6-13(19)10-15/h5-11H,4,12H2,1-3H3,(H,20,22). The van der Waals surface area contributed by atoms with E-state index < -0.39 is 15.9 Å². The molecule has 0 unspecified atom stereocenters. The minimum atomic E-state index is -3.74. The lowest BCUT2D eigenvalue weighted by Gasteiger charge is -2.16. The Morgan fingerprint density at radius 1 is 1.15 bits per heavy atom. The molecule has 0 heterocycles. The van der Waals surface area contributed by atoms with Crippen molar-refractivity contribution in [3.63, 3.8) is 0 Å². The summed E-state index contributed by atoms with van der Waals surface area (Å²) in [5.41, 5.74) is 0.318. The van der Waals surface area contributed by atoms with Gasteiger partial charge in [-0.05, 0) is 43.3 Å². The van der Waals surface area contributed by atoms with Crippen LogP contribution in [0.3, 0.4) is 0 Å². The zero-order valence-electron chi connectivity index (χ0n) is 15.2. The summed E-state index contributed by atoms with van der Waals surface area (Å²) in [4.78, 5) is 12.1. The van der Waals surface area contributed by atoms with Crippen LogP contribution in [0.15, 0.2) is 47.4 Å². The summed E-state index contributed by atoms with van der Waals surface area (Å²) in [7, 11) is -0.885. The van der Waals surface area contributed by atoms with Crippen LogP contribution in [-0.4, -0.2) is 45.9 Å². The molecule has 2 aromatic carbocycles. The van der Waals surface area contributed by atoms with Gasteiger partial charge in [0.05, 0.1) is 6.61 Å². The molecule has 0 fully saturated rings. The highest BCUT2D eigenvalue weighted by atomic mass is 35.5. The van der Waals surface area contributed by atoms with E-state index in [0.29, 0.717) is 23.1 Å². The van der Waals surface area contributed by atoms with E-state index in [9.17, 15) is 13.2 Å². The smallest absolute Gasteiger partial charge is 0.262 e. The van der Waals surface area contributed by atoms with Crippen LogP contribution in [0.25, 0.3) is 0 Å². The number of carbonyl (C=O) groups excluding carboxylic acids is 1. The molecule has 0 bridgehead atoms. The fraction of sp³-hybridized carbons (Fsp3) is 0.278. The number of hydrogen-bond acceptors (Lipinski definition) is 5. The fourth-order valence-corrected chi connectivity index (χ4v) is 3.39. The van der Waals surface area contributed by atoms with Gasteiger partial charge >= 0.3 is 0 Å². The highest BCUT2D eigenvalue weighted by Crippen LogP contribution is 2.29. The lowest BCUT2D eigenvalue weighted by molar-refractivity contribution is -0.118. The summed E-state index contributed by atoms with van der Waals surface area (Å²) in [6.07, 6.45) is 0. The Morgan fingerprint density at radius 3 is 2.52 bits per heavy atom. The maximum Gasteiger partial charge on any atom is 0.262 e. The van der Waals surface area contributed by atoms with Gasteiger partial charge in [0.15, 0.2) is 6.61 Å². The van der Waals surface area contributed by atoms with Gasteiger partial charge in [0.1, 0.15) is 16.4 Å². The third-order valence-electron chi connectivity index (χ3n) is 3.45. The van der Waals surface area contributed by atoms with Gasteiger partial charge < -0.3 is 14.8 Å². The number of nitrogens with one attached hydrogen (secondary N) is 1. The summed E-state index contributed by atoms with van der Waals surface area (Å²) in [5.74, 6) is 0.243. The molecule has 0 aliphatic carbocycles. The number of halogens is 1. The molecule has 27 heavy (non-hydrogen) atoms. The van der Waals surface area contributed by atoms with Crippen LogP contribution in [0, 0.1) is 0 Å². The van der Waals surface area contributed by atoms with E-state index in [2.05, 4.69) is 5.32 Å². The fourth-order valence-electron chi connectivity index (χ4n) is 2.16.